The van der Waals surface area contributed by atoms with Gasteiger partial charge in [0.1, 0.15) is 5.01 Å². The summed E-state index contributed by atoms with van der Waals surface area (Å²) in [4.78, 5) is 4.66. The Morgan fingerprint density at radius 2 is 1.70 bits per heavy atom. The average Bonchev–Trinajstić information content (AvgIpc) is 2.98. The third-order valence-electron chi connectivity index (χ3n) is 3.09. The Kier molecular flexibility index (Phi) is 3.96. The van der Waals surface area contributed by atoms with Crippen molar-refractivity contribution in [2.24, 2.45) is 5.73 Å². The van der Waals surface area contributed by atoms with E-state index in [0.717, 1.165) is 26.3 Å². The highest BCUT2D eigenvalue weighted by Gasteiger charge is 2.13. The maximum atomic E-state index is 6.27. The molecule has 0 aliphatic rings. The number of benzene rings is 2. The van der Waals surface area contributed by atoms with E-state index in [9.17, 15) is 0 Å². The van der Waals surface area contributed by atoms with Gasteiger partial charge in [-0.1, -0.05) is 58.4 Å². The summed E-state index contributed by atoms with van der Waals surface area (Å²) in [5, 5.41) is 3.00. The SMILES string of the molecule is NC(c1ccccc1)c1nc(-c2ccc(Br)cc2)cs1. The molecule has 0 aliphatic heterocycles. The molecule has 3 rings (SSSR count). The van der Waals surface area contributed by atoms with Crippen LogP contribution in [0.1, 0.15) is 16.6 Å². The Bertz CT molecular complexity index is 692. The molecule has 2 nitrogen and oxygen atoms in total. The van der Waals surface area contributed by atoms with Crippen molar-refractivity contribution in [1.82, 2.24) is 4.98 Å². The Balaban J connectivity index is 1.89. The normalized spacial score (nSPS) is 12.3. The van der Waals surface area contributed by atoms with E-state index in [4.69, 9.17) is 5.73 Å². The summed E-state index contributed by atoms with van der Waals surface area (Å²) in [6.45, 7) is 0. The number of rotatable bonds is 3. The first-order chi connectivity index (χ1) is 9.74. The van der Waals surface area contributed by atoms with Crippen molar-refractivity contribution in [3.63, 3.8) is 0 Å². The van der Waals surface area contributed by atoms with Gasteiger partial charge in [-0.25, -0.2) is 4.98 Å². The third-order valence-corrected chi connectivity index (χ3v) is 4.54. The summed E-state index contributed by atoms with van der Waals surface area (Å²) in [5.74, 6) is 0. The number of halogens is 1. The van der Waals surface area contributed by atoms with Crippen molar-refractivity contribution in [1.29, 1.82) is 0 Å². The van der Waals surface area contributed by atoms with Crippen LogP contribution in [-0.4, -0.2) is 4.98 Å². The lowest BCUT2D eigenvalue weighted by molar-refractivity contribution is 0.859. The van der Waals surface area contributed by atoms with E-state index in [-0.39, 0.29) is 6.04 Å². The van der Waals surface area contributed by atoms with Gasteiger partial charge in [0.2, 0.25) is 0 Å². The molecule has 0 fully saturated rings. The first-order valence-electron chi connectivity index (χ1n) is 6.26. The van der Waals surface area contributed by atoms with E-state index in [0.29, 0.717) is 0 Å². The van der Waals surface area contributed by atoms with Crippen LogP contribution in [0.5, 0.6) is 0 Å². The molecule has 20 heavy (non-hydrogen) atoms. The lowest BCUT2D eigenvalue weighted by atomic mass is 10.1. The van der Waals surface area contributed by atoms with Crippen LogP contribution < -0.4 is 5.73 Å². The molecule has 0 radical (unpaired) electrons. The third kappa shape index (κ3) is 2.82. The van der Waals surface area contributed by atoms with Gasteiger partial charge in [0.15, 0.2) is 0 Å². The smallest absolute Gasteiger partial charge is 0.115 e. The standard InChI is InChI=1S/C16H13BrN2S/c17-13-8-6-11(7-9-13)14-10-20-16(19-14)15(18)12-4-2-1-3-5-12/h1-10,15H,18H2. The van der Waals surface area contributed by atoms with Gasteiger partial charge in [-0.2, -0.15) is 0 Å². The maximum absolute atomic E-state index is 6.27. The topological polar surface area (TPSA) is 38.9 Å². The van der Waals surface area contributed by atoms with Crippen molar-refractivity contribution < 1.29 is 0 Å². The van der Waals surface area contributed by atoms with Crippen molar-refractivity contribution in [3.05, 3.63) is 75.0 Å². The summed E-state index contributed by atoms with van der Waals surface area (Å²) in [6, 6.07) is 18.0. The van der Waals surface area contributed by atoms with Gasteiger partial charge < -0.3 is 5.73 Å². The molecule has 0 aliphatic carbocycles. The van der Waals surface area contributed by atoms with Gasteiger partial charge in [0.25, 0.3) is 0 Å². The first-order valence-corrected chi connectivity index (χ1v) is 7.93. The molecule has 0 saturated carbocycles. The van der Waals surface area contributed by atoms with E-state index in [1.165, 1.54) is 0 Å². The van der Waals surface area contributed by atoms with Crippen LogP contribution in [-0.2, 0) is 0 Å². The van der Waals surface area contributed by atoms with Crippen LogP contribution in [0.15, 0.2) is 64.5 Å². The van der Waals surface area contributed by atoms with Gasteiger partial charge in [0, 0.05) is 15.4 Å². The molecule has 0 spiro atoms. The van der Waals surface area contributed by atoms with Gasteiger partial charge in [-0.15, -0.1) is 11.3 Å². The number of nitrogens with two attached hydrogens (primary N) is 1. The molecule has 1 unspecified atom stereocenters. The zero-order chi connectivity index (χ0) is 13.9. The minimum absolute atomic E-state index is 0.162. The van der Waals surface area contributed by atoms with E-state index >= 15 is 0 Å². The van der Waals surface area contributed by atoms with E-state index in [1.807, 2.05) is 42.5 Å². The molecule has 2 aromatic carbocycles. The quantitative estimate of drug-likeness (QED) is 0.752. The van der Waals surface area contributed by atoms with Crippen LogP contribution in [0.3, 0.4) is 0 Å². The molecular weight excluding hydrogens is 332 g/mol. The Morgan fingerprint density at radius 1 is 1.00 bits per heavy atom. The Labute approximate surface area is 130 Å². The second-order valence-corrected chi connectivity index (χ2v) is 6.27. The largest absolute Gasteiger partial charge is 0.318 e. The number of thiazole rings is 1. The highest BCUT2D eigenvalue weighted by atomic mass is 79.9. The predicted molar refractivity (Wildman–Crippen MR) is 87.7 cm³/mol. The second kappa shape index (κ2) is 5.87. The van der Waals surface area contributed by atoms with E-state index in [2.05, 4.69) is 38.4 Å². The summed E-state index contributed by atoms with van der Waals surface area (Å²) in [5.41, 5.74) is 9.44. The molecular formula is C16H13BrN2S. The number of hydrogen-bond acceptors (Lipinski definition) is 3. The van der Waals surface area contributed by atoms with Crippen LogP contribution in [0, 0.1) is 0 Å². The summed E-state index contributed by atoms with van der Waals surface area (Å²) in [6.07, 6.45) is 0. The number of aromatic nitrogens is 1. The monoisotopic (exact) mass is 344 g/mol. The average molecular weight is 345 g/mol. The minimum Gasteiger partial charge on any atom is -0.318 e. The van der Waals surface area contributed by atoms with Crippen LogP contribution >= 0.6 is 27.3 Å². The summed E-state index contributed by atoms with van der Waals surface area (Å²) < 4.78 is 1.07. The number of hydrogen-bond donors (Lipinski definition) is 1. The molecule has 0 saturated heterocycles. The molecule has 0 amide bonds. The lowest BCUT2D eigenvalue weighted by Crippen LogP contribution is -2.11. The molecule has 3 aromatic rings. The molecule has 4 heteroatoms. The fourth-order valence-corrected chi connectivity index (χ4v) is 3.11. The Morgan fingerprint density at radius 3 is 2.40 bits per heavy atom. The van der Waals surface area contributed by atoms with E-state index in [1.54, 1.807) is 11.3 Å². The molecule has 0 bridgehead atoms. The zero-order valence-electron chi connectivity index (χ0n) is 10.7. The predicted octanol–water partition coefficient (Wildman–Crippen LogP) is 4.62. The second-order valence-electron chi connectivity index (χ2n) is 4.47. The molecule has 2 N–H and O–H groups in total. The van der Waals surface area contributed by atoms with E-state index < -0.39 is 0 Å². The van der Waals surface area contributed by atoms with Crippen molar-refractivity contribution in [3.8, 4) is 11.3 Å². The van der Waals surface area contributed by atoms with Crippen molar-refractivity contribution >= 4 is 27.3 Å². The highest BCUT2D eigenvalue weighted by molar-refractivity contribution is 9.10. The van der Waals surface area contributed by atoms with Crippen LogP contribution in [0.25, 0.3) is 11.3 Å². The Hall–Kier alpha value is -1.49. The maximum Gasteiger partial charge on any atom is 0.115 e. The van der Waals surface area contributed by atoms with Crippen molar-refractivity contribution in [2.45, 2.75) is 6.04 Å². The van der Waals surface area contributed by atoms with Gasteiger partial charge in [-0.3, -0.25) is 0 Å². The fraction of sp³-hybridized carbons (Fsp3) is 0.0625. The summed E-state index contributed by atoms with van der Waals surface area (Å²) in [7, 11) is 0. The van der Waals surface area contributed by atoms with Crippen LogP contribution in [0.4, 0.5) is 0 Å². The fourth-order valence-electron chi connectivity index (χ4n) is 1.99. The summed E-state index contributed by atoms with van der Waals surface area (Å²) >= 11 is 5.04. The first kappa shape index (κ1) is 13.5. The van der Waals surface area contributed by atoms with Gasteiger partial charge in [0.05, 0.1) is 11.7 Å². The minimum atomic E-state index is -0.162. The van der Waals surface area contributed by atoms with Gasteiger partial charge in [-0.05, 0) is 17.7 Å². The van der Waals surface area contributed by atoms with Gasteiger partial charge >= 0.3 is 0 Å². The molecule has 1 atom stereocenters. The lowest BCUT2D eigenvalue weighted by Gasteiger charge is -2.08. The molecule has 1 aromatic heterocycles. The molecule has 1 heterocycles. The highest BCUT2D eigenvalue weighted by Crippen LogP contribution is 2.28. The number of nitrogens with zero attached hydrogens (tertiary/aromatic N) is 1. The van der Waals surface area contributed by atoms with Crippen molar-refractivity contribution in [2.75, 3.05) is 0 Å². The zero-order valence-corrected chi connectivity index (χ0v) is 13.1. The van der Waals surface area contributed by atoms with Crippen LogP contribution in [0.2, 0.25) is 0 Å². The molecule has 100 valence electrons.